The zero-order valence-corrected chi connectivity index (χ0v) is 10.0. The summed E-state index contributed by atoms with van der Waals surface area (Å²) >= 11 is 1.51. The number of nitrogen functional groups attached to an aromatic ring is 1. The minimum atomic E-state index is 0.525. The number of aryl methyl sites for hydroxylation is 1. The summed E-state index contributed by atoms with van der Waals surface area (Å²) in [6.07, 6.45) is 1.75. The number of fused-ring (bicyclic) bond motifs is 1. The molecule has 0 amide bonds. The third-order valence-corrected chi connectivity index (χ3v) is 3.38. The van der Waals surface area contributed by atoms with Gasteiger partial charge in [-0.15, -0.1) is 11.3 Å². The van der Waals surface area contributed by atoms with Crippen LogP contribution >= 0.6 is 11.3 Å². The van der Waals surface area contributed by atoms with Gasteiger partial charge >= 0.3 is 0 Å². The van der Waals surface area contributed by atoms with Gasteiger partial charge in [0.15, 0.2) is 5.82 Å². The summed E-state index contributed by atoms with van der Waals surface area (Å²) in [5, 5.41) is 0.931. The molecule has 2 aromatic heterocycles. The minimum absolute atomic E-state index is 0.525. The zero-order valence-electron chi connectivity index (χ0n) is 9.21. The zero-order chi connectivity index (χ0) is 11.8. The number of rotatable bonds is 1. The first kappa shape index (κ1) is 10.2. The average Bonchev–Trinajstić information content (AvgIpc) is 2.81. The molecule has 0 bridgehead atoms. The monoisotopic (exact) mass is 242 g/mol. The SMILES string of the molecule is Cc1cccc2nc(-c3cncs3)nc(N)c12. The van der Waals surface area contributed by atoms with Gasteiger partial charge < -0.3 is 5.73 Å². The third kappa shape index (κ3) is 1.64. The molecule has 0 saturated heterocycles. The van der Waals surface area contributed by atoms with E-state index in [1.165, 1.54) is 11.3 Å². The fraction of sp³-hybridized carbons (Fsp3) is 0.0833. The Kier molecular flexibility index (Phi) is 2.26. The number of nitrogens with two attached hydrogens (primary N) is 1. The van der Waals surface area contributed by atoms with Crippen LogP contribution in [0.25, 0.3) is 21.6 Å². The summed E-state index contributed by atoms with van der Waals surface area (Å²) in [6, 6.07) is 5.93. The maximum atomic E-state index is 6.00. The van der Waals surface area contributed by atoms with E-state index in [1.807, 2.05) is 25.1 Å². The number of anilines is 1. The van der Waals surface area contributed by atoms with Gasteiger partial charge in [-0.1, -0.05) is 12.1 Å². The number of nitrogens with zero attached hydrogens (tertiary/aromatic N) is 3. The molecule has 0 radical (unpaired) electrons. The van der Waals surface area contributed by atoms with Gasteiger partial charge in [0.2, 0.25) is 0 Å². The minimum Gasteiger partial charge on any atom is -0.383 e. The van der Waals surface area contributed by atoms with Gasteiger partial charge in [-0.3, -0.25) is 4.98 Å². The van der Waals surface area contributed by atoms with Gasteiger partial charge in [-0.25, -0.2) is 9.97 Å². The van der Waals surface area contributed by atoms with Crippen LogP contribution in [0.15, 0.2) is 29.9 Å². The molecule has 0 aliphatic carbocycles. The molecule has 84 valence electrons. The van der Waals surface area contributed by atoms with E-state index in [1.54, 1.807) is 11.7 Å². The lowest BCUT2D eigenvalue weighted by Crippen LogP contribution is -1.98. The molecule has 0 aliphatic rings. The Hall–Kier alpha value is -2.01. The van der Waals surface area contributed by atoms with Crippen molar-refractivity contribution in [2.45, 2.75) is 6.92 Å². The maximum Gasteiger partial charge on any atom is 0.173 e. The first-order valence-corrected chi connectivity index (χ1v) is 6.05. The van der Waals surface area contributed by atoms with Crippen LogP contribution in [0.5, 0.6) is 0 Å². The second-order valence-electron chi connectivity index (χ2n) is 3.77. The summed E-state index contributed by atoms with van der Waals surface area (Å²) in [6.45, 7) is 2.01. The highest BCUT2D eigenvalue weighted by Crippen LogP contribution is 2.26. The lowest BCUT2D eigenvalue weighted by atomic mass is 10.1. The van der Waals surface area contributed by atoms with Crippen molar-refractivity contribution >= 4 is 28.1 Å². The summed E-state index contributed by atoms with van der Waals surface area (Å²) in [7, 11) is 0. The molecule has 17 heavy (non-hydrogen) atoms. The Balaban J connectivity index is 2.32. The van der Waals surface area contributed by atoms with Gasteiger partial charge in [0.25, 0.3) is 0 Å². The Morgan fingerprint density at radius 2 is 2.12 bits per heavy atom. The van der Waals surface area contributed by atoms with Gasteiger partial charge in [0.1, 0.15) is 5.82 Å². The molecule has 0 fully saturated rings. The molecule has 2 N–H and O–H groups in total. The second kappa shape index (κ2) is 3.78. The lowest BCUT2D eigenvalue weighted by Gasteiger charge is -2.05. The summed E-state index contributed by atoms with van der Waals surface area (Å²) in [4.78, 5) is 13.8. The van der Waals surface area contributed by atoms with Crippen LogP contribution in [-0.2, 0) is 0 Å². The van der Waals surface area contributed by atoms with Crippen molar-refractivity contribution in [3.63, 3.8) is 0 Å². The van der Waals surface area contributed by atoms with E-state index in [4.69, 9.17) is 5.73 Å². The Bertz CT molecular complexity index is 676. The molecule has 0 aliphatic heterocycles. The van der Waals surface area contributed by atoms with E-state index in [9.17, 15) is 0 Å². The predicted molar refractivity (Wildman–Crippen MR) is 69.8 cm³/mol. The van der Waals surface area contributed by atoms with Crippen molar-refractivity contribution in [2.75, 3.05) is 5.73 Å². The highest BCUT2D eigenvalue weighted by molar-refractivity contribution is 7.13. The van der Waals surface area contributed by atoms with Crippen molar-refractivity contribution in [1.29, 1.82) is 0 Å². The molecule has 0 unspecified atom stereocenters. The molecule has 3 aromatic rings. The van der Waals surface area contributed by atoms with Crippen molar-refractivity contribution in [1.82, 2.24) is 15.0 Å². The molecular formula is C12H10N4S. The summed E-state index contributed by atoms with van der Waals surface area (Å²) in [5.74, 6) is 1.17. The van der Waals surface area contributed by atoms with E-state index in [-0.39, 0.29) is 0 Å². The Morgan fingerprint density at radius 3 is 2.88 bits per heavy atom. The number of aromatic nitrogens is 3. The van der Waals surface area contributed by atoms with Crippen LogP contribution in [0, 0.1) is 6.92 Å². The number of benzene rings is 1. The van der Waals surface area contributed by atoms with Crippen LogP contribution in [0.1, 0.15) is 5.56 Å². The second-order valence-corrected chi connectivity index (χ2v) is 4.65. The van der Waals surface area contributed by atoms with Gasteiger partial charge in [-0.05, 0) is 18.6 Å². The van der Waals surface area contributed by atoms with Crippen LogP contribution < -0.4 is 5.73 Å². The smallest absolute Gasteiger partial charge is 0.173 e. The molecule has 0 atom stereocenters. The largest absolute Gasteiger partial charge is 0.383 e. The predicted octanol–water partition coefficient (Wildman–Crippen LogP) is 2.64. The highest BCUT2D eigenvalue weighted by atomic mass is 32.1. The van der Waals surface area contributed by atoms with Crippen molar-refractivity contribution in [2.24, 2.45) is 0 Å². The van der Waals surface area contributed by atoms with Crippen molar-refractivity contribution in [3.8, 4) is 10.7 Å². The first-order valence-electron chi connectivity index (χ1n) is 5.17. The van der Waals surface area contributed by atoms with Crippen LogP contribution in [0.4, 0.5) is 5.82 Å². The molecule has 4 nitrogen and oxygen atoms in total. The fourth-order valence-corrected chi connectivity index (χ4v) is 2.38. The Labute approximate surface area is 102 Å². The fourth-order valence-electron chi connectivity index (χ4n) is 1.82. The van der Waals surface area contributed by atoms with E-state index in [0.717, 1.165) is 21.3 Å². The van der Waals surface area contributed by atoms with Gasteiger partial charge in [0, 0.05) is 11.6 Å². The molecule has 2 heterocycles. The first-order chi connectivity index (χ1) is 8.25. The topological polar surface area (TPSA) is 64.7 Å². The molecule has 1 aromatic carbocycles. The number of hydrogen-bond acceptors (Lipinski definition) is 5. The maximum absolute atomic E-state index is 6.00. The van der Waals surface area contributed by atoms with E-state index in [2.05, 4.69) is 15.0 Å². The van der Waals surface area contributed by atoms with E-state index < -0.39 is 0 Å². The summed E-state index contributed by atoms with van der Waals surface area (Å²) in [5.41, 5.74) is 9.73. The third-order valence-electron chi connectivity index (χ3n) is 2.61. The van der Waals surface area contributed by atoms with Crippen molar-refractivity contribution in [3.05, 3.63) is 35.5 Å². The van der Waals surface area contributed by atoms with Crippen LogP contribution in [0.2, 0.25) is 0 Å². The molecule has 5 heteroatoms. The molecule has 3 rings (SSSR count). The standard InChI is InChI=1S/C12H10N4S/c1-7-3-2-4-8-10(7)11(13)16-12(15-8)9-5-14-6-17-9/h2-6H,1H3,(H2,13,15,16). The lowest BCUT2D eigenvalue weighted by molar-refractivity contribution is 1.23. The summed E-state index contributed by atoms with van der Waals surface area (Å²) < 4.78 is 0. The van der Waals surface area contributed by atoms with E-state index >= 15 is 0 Å². The van der Waals surface area contributed by atoms with Crippen LogP contribution in [-0.4, -0.2) is 15.0 Å². The number of thiazole rings is 1. The normalized spacial score (nSPS) is 10.9. The van der Waals surface area contributed by atoms with Crippen molar-refractivity contribution < 1.29 is 0 Å². The Morgan fingerprint density at radius 1 is 1.24 bits per heavy atom. The molecule has 0 spiro atoms. The van der Waals surface area contributed by atoms with Gasteiger partial charge in [0.05, 0.1) is 15.9 Å². The van der Waals surface area contributed by atoms with Crippen LogP contribution in [0.3, 0.4) is 0 Å². The average molecular weight is 242 g/mol. The quantitative estimate of drug-likeness (QED) is 0.712. The molecule has 0 saturated carbocycles. The number of hydrogen-bond donors (Lipinski definition) is 1. The van der Waals surface area contributed by atoms with Gasteiger partial charge in [-0.2, -0.15) is 0 Å². The van der Waals surface area contributed by atoms with E-state index in [0.29, 0.717) is 11.6 Å². The molecular weight excluding hydrogens is 232 g/mol. The highest BCUT2D eigenvalue weighted by Gasteiger charge is 2.09.